The number of sulfonamides is 1. The summed E-state index contributed by atoms with van der Waals surface area (Å²) in [5, 5.41) is 2.87. The van der Waals surface area contributed by atoms with Gasteiger partial charge in [-0.3, -0.25) is 9.59 Å². The maximum atomic E-state index is 12.7. The summed E-state index contributed by atoms with van der Waals surface area (Å²) in [4.78, 5) is 25.2. The largest absolute Gasteiger partial charge is 0.322 e. The van der Waals surface area contributed by atoms with E-state index in [1.165, 1.54) is 12.1 Å². The number of aryl methyl sites for hydroxylation is 2. The summed E-state index contributed by atoms with van der Waals surface area (Å²) in [6, 6.07) is 11.8. The maximum absolute atomic E-state index is 12.7. The summed E-state index contributed by atoms with van der Waals surface area (Å²) >= 11 is 0. The lowest BCUT2D eigenvalue weighted by molar-refractivity contribution is -0.123. The van der Waals surface area contributed by atoms with Crippen molar-refractivity contribution in [2.75, 3.05) is 15.4 Å². The fraction of sp³-hybridized carbons (Fsp3) is 0.300. The van der Waals surface area contributed by atoms with Crippen molar-refractivity contribution >= 4 is 33.2 Å². The molecule has 6 nitrogen and oxygen atoms in total. The molecule has 0 aliphatic carbocycles. The highest BCUT2D eigenvalue weighted by molar-refractivity contribution is 7.94. The Morgan fingerprint density at radius 1 is 1.07 bits per heavy atom. The number of hydrogen-bond acceptors (Lipinski definition) is 4. The Kier molecular flexibility index (Phi) is 4.59. The first kappa shape index (κ1) is 19.1. The summed E-state index contributed by atoms with van der Waals surface area (Å²) in [5.41, 5.74) is 2.05. The molecular weight excluding hydrogens is 364 g/mol. The van der Waals surface area contributed by atoms with Crippen LogP contribution in [0.2, 0.25) is 0 Å². The van der Waals surface area contributed by atoms with Crippen molar-refractivity contribution in [2.24, 2.45) is 5.41 Å². The van der Waals surface area contributed by atoms with Gasteiger partial charge in [-0.05, 0) is 57.0 Å². The van der Waals surface area contributed by atoms with Gasteiger partial charge in [-0.1, -0.05) is 24.3 Å². The Hall–Kier alpha value is -2.67. The fourth-order valence-electron chi connectivity index (χ4n) is 3.23. The molecular formula is C20H22N2O4S. The average molecular weight is 386 g/mol. The second-order valence-corrected chi connectivity index (χ2v) is 9.30. The molecule has 1 fully saturated rings. The topological polar surface area (TPSA) is 83.6 Å². The molecule has 1 saturated heterocycles. The quantitative estimate of drug-likeness (QED) is 0.878. The Labute approximate surface area is 159 Å². The number of hydrogen-bond donors (Lipinski definition) is 1. The molecule has 3 rings (SSSR count). The van der Waals surface area contributed by atoms with Crippen molar-refractivity contribution in [2.45, 2.75) is 27.7 Å². The van der Waals surface area contributed by atoms with Gasteiger partial charge in [0, 0.05) is 11.3 Å². The first-order valence-electron chi connectivity index (χ1n) is 8.58. The smallest absolute Gasteiger partial charge is 0.255 e. The lowest BCUT2D eigenvalue weighted by Crippen LogP contribution is -2.33. The van der Waals surface area contributed by atoms with Gasteiger partial charge in [0.1, 0.15) is 0 Å². The number of rotatable bonds is 3. The number of carbonyl (C=O) groups is 2. The molecule has 1 heterocycles. The van der Waals surface area contributed by atoms with E-state index in [0.29, 0.717) is 0 Å². The Balaban J connectivity index is 1.95. The highest BCUT2D eigenvalue weighted by Crippen LogP contribution is 2.36. The van der Waals surface area contributed by atoms with E-state index in [2.05, 4.69) is 5.32 Å². The molecule has 0 atom stereocenters. The van der Waals surface area contributed by atoms with Crippen molar-refractivity contribution in [3.05, 3.63) is 59.2 Å². The van der Waals surface area contributed by atoms with Crippen LogP contribution in [0.15, 0.2) is 42.5 Å². The summed E-state index contributed by atoms with van der Waals surface area (Å²) in [6.07, 6.45) is 0. The van der Waals surface area contributed by atoms with Gasteiger partial charge in [-0.15, -0.1) is 0 Å². The molecule has 142 valence electrons. The molecule has 2 amide bonds. The van der Waals surface area contributed by atoms with Gasteiger partial charge in [0.15, 0.2) is 0 Å². The zero-order valence-electron chi connectivity index (χ0n) is 15.7. The van der Waals surface area contributed by atoms with Gasteiger partial charge in [-0.2, -0.15) is 0 Å². The molecule has 1 aliphatic heterocycles. The zero-order chi connectivity index (χ0) is 20.0. The molecule has 2 aromatic carbocycles. The first-order chi connectivity index (χ1) is 12.5. The van der Waals surface area contributed by atoms with Crippen molar-refractivity contribution in [3.63, 3.8) is 0 Å². The van der Waals surface area contributed by atoms with Crippen molar-refractivity contribution in [3.8, 4) is 0 Å². The fourth-order valence-corrected chi connectivity index (χ4v) is 5.33. The molecule has 0 radical (unpaired) electrons. The lowest BCUT2D eigenvalue weighted by atomic mass is 9.95. The Bertz CT molecular complexity index is 1020. The monoisotopic (exact) mass is 386 g/mol. The summed E-state index contributed by atoms with van der Waals surface area (Å²) in [7, 11) is -3.76. The van der Waals surface area contributed by atoms with E-state index in [1.54, 1.807) is 26.0 Å². The Morgan fingerprint density at radius 2 is 1.67 bits per heavy atom. The van der Waals surface area contributed by atoms with E-state index in [9.17, 15) is 18.0 Å². The highest BCUT2D eigenvalue weighted by atomic mass is 32.2. The first-order valence-corrected chi connectivity index (χ1v) is 10.2. The summed E-state index contributed by atoms with van der Waals surface area (Å²) in [6.45, 7) is 7.00. The number of anilines is 2. The van der Waals surface area contributed by atoms with E-state index < -0.39 is 21.3 Å². The van der Waals surface area contributed by atoms with Crippen molar-refractivity contribution < 1.29 is 18.0 Å². The molecule has 0 bridgehead atoms. The summed E-state index contributed by atoms with van der Waals surface area (Å²) in [5.74, 6) is -1.11. The minimum atomic E-state index is -3.76. The van der Waals surface area contributed by atoms with Gasteiger partial charge in [0.2, 0.25) is 15.9 Å². The van der Waals surface area contributed by atoms with Crippen LogP contribution in [0.4, 0.5) is 11.4 Å². The van der Waals surface area contributed by atoms with E-state index >= 15 is 0 Å². The van der Waals surface area contributed by atoms with Crippen LogP contribution in [0, 0.1) is 19.3 Å². The van der Waals surface area contributed by atoms with Crippen LogP contribution in [-0.4, -0.2) is 26.0 Å². The van der Waals surface area contributed by atoms with Crippen LogP contribution < -0.4 is 9.62 Å². The van der Waals surface area contributed by atoms with Crippen molar-refractivity contribution in [1.82, 2.24) is 0 Å². The van der Waals surface area contributed by atoms with Gasteiger partial charge in [-0.25, -0.2) is 12.7 Å². The van der Waals surface area contributed by atoms with Crippen LogP contribution in [0.25, 0.3) is 0 Å². The molecule has 0 spiro atoms. The lowest BCUT2D eigenvalue weighted by Gasteiger charge is -2.18. The van der Waals surface area contributed by atoms with Crippen LogP contribution in [0.3, 0.4) is 0 Å². The van der Waals surface area contributed by atoms with E-state index in [1.807, 2.05) is 32.0 Å². The standard InChI is InChI=1S/C20H22N2O4S/c1-13-7-5-8-14(2)17(13)21-18(23)15-9-6-10-16(11-15)22-19(24)20(3,4)12-27(22,25)26/h5-11H,12H2,1-4H3,(H,21,23). The number of nitrogens with zero attached hydrogens (tertiary/aromatic N) is 1. The zero-order valence-corrected chi connectivity index (χ0v) is 16.6. The predicted molar refractivity (Wildman–Crippen MR) is 105 cm³/mol. The minimum absolute atomic E-state index is 0.180. The maximum Gasteiger partial charge on any atom is 0.255 e. The number of carbonyl (C=O) groups excluding carboxylic acids is 2. The minimum Gasteiger partial charge on any atom is -0.322 e. The van der Waals surface area contributed by atoms with Gasteiger partial charge in [0.05, 0.1) is 16.9 Å². The van der Waals surface area contributed by atoms with E-state index in [4.69, 9.17) is 0 Å². The molecule has 0 aromatic heterocycles. The van der Waals surface area contributed by atoms with Crippen LogP contribution >= 0.6 is 0 Å². The molecule has 1 aliphatic rings. The highest BCUT2D eigenvalue weighted by Gasteiger charge is 2.49. The predicted octanol–water partition coefficient (Wildman–Crippen LogP) is 3.26. The molecule has 2 aromatic rings. The molecule has 0 unspecified atom stereocenters. The third-order valence-electron chi connectivity index (χ3n) is 4.65. The van der Waals surface area contributed by atoms with Gasteiger partial charge < -0.3 is 5.32 Å². The number of nitrogens with one attached hydrogen (secondary N) is 1. The number of benzene rings is 2. The molecule has 27 heavy (non-hydrogen) atoms. The second-order valence-electron chi connectivity index (χ2n) is 7.48. The van der Waals surface area contributed by atoms with Crippen LogP contribution in [0.1, 0.15) is 35.3 Å². The van der Waals surface area contributed by atoms with Gasteiger partial charge in [0.25, 0.3) is 5.91 Å². The van der Waals surface area contributed by atoms with Gasteiger partial charge >= 0.3 is 0 Å². The SMILES string of the molecule is Cc1cccc(C)c1NC(=O)c1cccc(N2C(=O)C(C)(C)CS2(=O)=O)c1. The van der Waals surface area contributed by atoms with Crippen molar-refractivity contribution in [1.29, 1.82) is 0 Å². The third-order valence-corrected chi connectivity index (χ3v) is 6.67. The normalized spacial score (nSPS) is 17.8. The second kappa shape index (κ2) is 6.49. The number of amides is 2. The average Bonchev–Trinajstić information content (AvgIpc) is 2.74. The molecule has 7 heteroatoms. The summed E-state index contributed by atoms with van der Waals surface area (Å²) < 4.78 is 25.7. The van der Waals surface area contributed by atoms with Crippen LogP contribution in [-0.2, 0) is 14.8 Å². The van der Waals surface area contributed by atoms with E-state index in [-0.39, 0.29) is 22.9 Å². The third kappa shape index (κ3) is 3.47. The van der Waals surface area contributed by atoms with E-state index in [0.717, 1.165) is 21.1 Å². The molecule has 1 N–H and O–H groups in total. The Morgan fingerprint density at radius 3 is 2.22 bits per heavy atom. The van der Waals surface area contributed by atoms with Crippen LogP contribution in [0.5, 0.6) is 0 Å². The number of para-hydroxylation sites is 1. The molecule has 0 saturated carbocycles.